The molecule has 12 heteroatoms. The monoisotopic (exact) mass is 624 g/mol. The molecular formula is C33H39F3N6O3. The first-order chi connectivity index (χ1) is 21.7. The van der Waals surface area contributed by atoms with E-state index in [-0.39, 0.29) is 29.3 Å². The Hall–Kier alpha value is -3.93. The Morgan fingerprint density at radius 1 is 1.18 bits per heavy atom. The largest absolute Gasteiger partial charge is 0.494 e. The number of aromatic nitrogens is 3. The number of anilines is 1. The molecule has 45 heavy (non-hydrogen) atoms. The summed E-state index contributed by atoms with van der Waals surface area (Å²) in [7, 11) is 1.23. The lowest BCUT2D eigenvalue weighted by Crippen LogP contribution is -2.60. The molecule has 2 fully saturated rings. The maximum atomic E-state index is 14.3. The number of fused-ring (bicyclic) bond motifs is 2. The smallest absolute Gasteiger partial charge is 0.422 e. The van der Waals surface area contributed by atoms with E-state index in [0.29, 0.717) is 68.5 Å². The Balaban J connectivity index is 1.42. The normalized spacial score (nSPS) is 23.4. The number of hydrogen-bond acceptors (Lipinski definition) is 8. The van der Waals surface area contributed by atoms with E-state index in [2.05, 4.69) is 22.2 Å². The first-order valence-corrected chi connectivity index (χ1v) is 15.7. The minimum absolute atomic E-state index is 0.0165. The van der Waals surface area contributed by atoms with Crippen LogP contribution in [-0.4, -0.2) is 78.2 Å². The van der Waals surface area contributed by atoms with Gasteiger partial charge in [-0.05, 0) is 62.4 Å². The van der Waals surface area contributed by atoms with E-state index in [1.54, 1.807) is 11.1 Å². The summed E-state index contributed by atoms with van der Waals surface area (Å²) in [6.07, 6.45) is 2.73. The van der Waals surface area contributed by atoms with E-state index >= 15 is 0 Å². The van der Waals surface area contributed by atoms with E-state index in [1.165, 1.54) is 13.3 Å². The number of amides is 1. The number of carbonyl (C=O) groups is 1. The second-order valence-corrected chi connectivity index (χ2v) is 12.1. The van der Waals surface area contributed by atoms with Gasteiger partial charge in [0.25, 0.3) is 5.91 Å². The summed E-state index contributed by atoms with van der Waals surface area (Å²) in [6.45, 7) is 7.08. The highest BCUT2D eigenvalue weighted by atomic mass is 19.4. The average molecular weight is 625 g/mol. The molecule has 1 N–H and O–H groups in total. The molecule has 6 rings (SSSR count). The second kappa shape index (κ2) is 12.5. The van der Waals surface area contributed by atoms with Crippen LogP contribution in [0.2, 0.25) is 0 Å². The Labute approximate surface area is 261 Å². The first-order valence-electron chi connectivity index (χ1n) is 15.7. The maximum Gasteiger partial charge on any atom is 0.422 e. The summed E-state index contributed by atoms with van der Waals surface area (Å²) in [5, 5.41) is 3.51. The summed E-state index contributed by atoms with van der Waals surface area (Å²) in [6, 6.07) is 7.79. The van der Waals surface area contributed by atoms with Crippen molar-refractivity contribution in [1.29, 1.82) is 0 Å². The van der Waals surface area contributed by atoms with Gasteiger partial charge in [0.2, 0.25) is 5.88 Å². The molecule has 1 amide bonds. The molecule has 0 unspecified atom stereocenters. The summed E-state index contributed by atoms with van der Waals surface area (Å²) >= 11 is 0. The van der Waals surface area contributed by atoms with E-state index in [9.17, 15) is 18.0 Å². The molecule has 240 valence electrons. The standard InChI is InChI=1S/C33H39F3N6O3/c1-4-21-18-41(26-16-37-17-27(44-3)28(26)33(34,35)36)15-12-32(21)20-42(19-22-8-6-13-38-22)31(43)29-24(32)10-11-25(40-29)23-9-7-14-39-30(23)45-5-2/h7,9-11,14,16-17,21-22,38H,4-6,8,12-13,15,18-20H2,1-3H3/t21-,22-,32+/m1/s1. The SMILES string of the molecule is CCOc1ncccc1-c1ccc2c(n1)C(=O)N(C[C@H]1CCCN1)C[C@]21CCN(c2cncc(OC)c2C(F)(F)F)C[C@H]1CC. The van der Waals surface area contributed by atoms with Crippen molar-refractivity contribution < 1.29 is 27.4 Å². The Bertz CT molecular complexity index is 1550. The number of nitrogens with zero attached hydrogens (tertiary/aromatic N) is 5. The van der Waals surface area contributed by atoms with E-state index in [1.807, 2.05) is 36.1 Å². The van der Waals surface area contributed by atoms with Gasteiger partial charge in [-0.25, -0.2) is 9.97 Å². The summed E-state index contributed by atoms with van der Waals surface area (Å²) in [5.41, 5.74) is 1.27. The molecule has 9 nitrogen and oxygen atoms in total. The third-order valence-corrected chi connectivity index (χ3v) is 9.60. The summed E-state index contributed by atoms with van der Waals surface area (Å²) in [4.78, 5) is 31.3. The third kappa shape index (κ3) is 5.69. The molecule has 3 atom stereocenters. The number of ether oxygens (including phenoxy) is 2. The molecule has 3 aromatic rings. The van der Waals surface area contributed by atoms with Gasteiger partial charge >= 0.3 is 6.18 Å². The quantitative estimate of drug-likeness (QED) is 0.359. The van der Waals surface area contributed by atoms with Crippen LogP contribution in [0.25, 0.3) is 11.3 Å². The van der Waals surface area contributed by atoms with Crippen LogP contribution < -0.4 is 19.7 Å². The van der Waals surface area contributed by atoms with E-state index in [0.717, 1.165) is 31.1 Å². The maximum absolute atomic E-state index is 14.3. The molecule has 0 bridgehead atoms. The van der Waals surface area contributed by atoms with Crippen molar-refractivity contribution in [2.24, 2.45) is 5.92 Å². The van der Waals surface area contributed by atoms with Gasteiger partial charge in [0, 0.05) is 43.8 Å². The van der Waals surface area contributed by atoms with Crippen molar-refractivity contribution in [2.45, 2.75) is 57.2 Å². The first kappa shape index (κ1) is 31.1. The highest BCUT2D eigenvalue weighted by Crippen LogP contribution is 2.49. The fourth-order valence-electron chi connectivity index (χ4n) is 7.47. The van der Waals surface area contributed by atoms with Crippen molar-refractivity contribution in [3.63, 3.8) is 0 Å². The number of piperidine rings is 1. The number of alkyl halides is 3. The predicted molar refractivity (Wildman–Crippen MR) is 164 cm³/mol. The topological polar surface area (TPSA) is 92.7 Å². The van der Waals surface area contributed by atoms with Gasteiger partial charge in [-0.15, -0.1) is 0 Å². The predicted octanol–water partition coefficient (Wildman–Crippen LogP) is 5.35. The third-order valence-electron chi connectivity index (χ3n) is 9.60. The zero-order chi connectivity index (χ0) is 31.8. The van der Waals surface area contributed by atoms with Crippen LogP contribution in [0.15, 0.2) is 42.9 Å². The number of rotatable bonds is 8. The lowest BCUT2D eigenvalue weighted by atomic mass is 9.62. The Kier molecular flexibility index (Phi) is 8.60. The Morgan fingerprint density at radius 2 is 2.02 bits per heavy atom. The highest BCUT2D eigenvalue weighted by molar-refractivity contribution is 5.96. The number of pyridine rings is 3. The van der Waals surface area contributed by atoms with Gasteiger partial charge in [0.05, 0.1) is 43.1 Å². The number of carbonyl (C=O) groups excluding carboxylic acids is 1. The lowest BCUT2D eigenvalue weighted by Gasteiger charge is -2.53. The minimum Gasteiger partial charge on any atom is -0.494 e. The van der Waals surface area contributed by atoms with E-state index < -0.39 is 17.2 Å². The molecule has 6 heterocycles. The van der Waals surface area contributed by atoms with Crippen LogP contribution in [0.4, 0.5) is 18.9 Å². The zero-order valence-corrected chi connectivity index (χ0v) is 25.9. The fraction of sp³-hybridized carbons (Fsp3) is 0.515. The molecule has 3 aromatic heterocycles. The van der Waals surface area contributed by atoms with Crippen molar-refractivity contribution in [2.75, 3.05) is 51.3 Å². The molecule has 2 saturated heterocycles. The molecule has 0 saturated carbocycles. The zero-order valence-electron chi connectivity index (χ0n) is 25.9. The van der Waals surface area contributed by atoms with Crippen molar-refractivity contribution in [1.82, 2.24) is 25.2 Å². The van der Waals surface area contributed by atoms with Crippen molar-refractivity contribution in [3.05, 3.63) is 59.7 Å². The molecule has 0 aromatic carbocycles. The van der Waals surface area contributed by atoms with Gasteiger partial charge in [0.1, 0.15) is 11.3 Å². The second-order valence-electron chi connectivity index (χ2n) is 12.1. The minimum atomic E-state index is -4.61. The van der Waals surface area contributed by atoms with Crippen LogP contribution >= 0.6 is 0 Å². The van der Waals surface area contributed by atoms with Gasteiger partial charge in [0.15, 0.2) is 5.75 Å². The average Bonchev–Trinajstić information content (AvgIpc) is 3.56. The van der Waals surface area contributed by atoms with Crippen LogP contribution in [0.3, 0.4) is 0 Å². The van der Waals surface area contributed by atoms with Gasteiger partial charge in [-0.1, -0.05) is 19.4 Å². The molecule has 3 aliphatic rings. The number of hydrogen-bond donors (Lipinski definition) is 1. The van der Waals surface area contributed by atoms with E-state index in [4.69, 9.17) is 14.5 Å². The van der Waals surface area contributed by atoms with Crippen LogP contribution in [0.5, 0.6) is 11.6 Å². The number of halogens is 3. The van der Waals surface area contributed by atoms with Gasteiger partial charge in [-0.2, -0.15) is 13.2 Å². The van der Waals surface area contributed by atoms with Crippen LogP contribution in [-0.2, 0) is 11.6 Å². The number of methoxy groups -OCH3 is 1. The molecule has 1 spiro atoms. The summed E-state index contributed by atoms with van der Waals surface area (Å²) in [5.74, 6) is -0.0311. The summed E-state index contributed by atoms with van der Waals surface area (Å²) < 4.78 is 53.8. The number of nitrogens with one attached hydrogen (secondary N) is 1. The van der Waals surface area contributed by atoms with Crippen LogP contribution in [0, 0.1) is 5.92 Å². The molecule has 0 aliphatic carbocycles. The highest BCUT2D eigenvalue weighted by Gasteiger charge is 2.52. The molecule has 0 radical (unpaired) electrons. The van der Waals surface area contributed by atoms with Crippen molar-refractivity contribution in [3.8, 4) is 22.9 Å². The van der Waals surface area contributed by atoms with Gasteiger partial charge < -0.3 is 24.6 Å². The molecular weight excluding hydrogens is 585 g/mol. The molecule has 3 aliphatic heterocycles. The fourth-order valence-corrected chi connectivity index (χ4v) is 7.47. The van der Waals surface area contributed by atoms with Gasteiger partial charge in [-0.3, -0.25) is 9.78 Å². The van der Waals surface area contributed by atoms with Crippen LogP contribution in [0.1, 0.15) is 61.1 Å². The Morgan fingerprint density at radius 3 is 2.73 bits per heavy atom. The lowest BCUT2D eigenvalue weighted by molar-refractivity contribution is -0.138. The van der Waals surface area contributed by atoms with Crippen molar-refractivity contribution >= 4 is 11.6 Å².